The van der Waals surface area contributed by atoms with E-state index in [1.807, 2.05) is 0 Å². The number of benzene rings is 1. The molecule has 2 N–H and O–H groups in total. The summed E-state index contributed by atoms with van der Waals surface area (Å²) < 4.78 is 62.2. The predicted molar refractivity (Wildman–Crippen MR) is 97.8 cm³/mol. The van der Waals surface area contributed by atoms with E-state index in [1.165, 1.54) is 36.7 Å². The highest BCUT2D eigenvalue weighted by molar-refractivity contribution is 7.89. The van der Waals surface area contributed by atoms with Gasteiger partial charge >= 0.3 is 0 Å². The van der Waals surface area contributed by atoms with Gasteiger partial charge < -0.3 is 14.8 Å². The Morgan fingerprint density at radius 2 is 1.89 bits per heavy atom. The molecule has 1 aromatic rings. The molecule has 152 valence electrons. The fourth-order valence-corrected chi connectivity index (χ4v) is 4.73. The Kier molecular flexibility index (Phi) is 7.17. The molecule has 0 bridgehead atoms. The van der Waals surface area contributed by atoms with Crippen LogP contribution in [-0.4, -0.2) is 79.8 Å². The molecule has 0 aromatic heterocycles. The largest absolute Gasteiger partial charge is 0.495 e. The summed E-state index contributed by atoms with van der Waals surface area (Å²) in [5.41, 5.74) is 0.0772. The number of sulfonamides is 2. The quantitative estimate of drug-likeness (QED) is 0.550. The van der Waals surface area contributed by atoms with Crippen molar-refractivity contribution in [2.24, 2.45) is 0 Å². The first-order valence-corrected chi connectivity index (χ1v) is 11.3. The Hall–Kier alpha value is -1.73. The van der Waals surface area contributed by atoms with Crippen LogP contribution in [-0.2, 0) is 24.8 Å². The van der Waals surface area contributed by atoms with Crippen LogP contribution in [0.1, 0.15) is 10.4 Å². The molecular formula is C15H23N3O7S2. The maximum atomic E-state index is 12.3. The van der Waals surface area contributed by atoms with Gasteiger partial charge in [-0.3, -0.25) is 4.79 Å². The fourth-order valence-electron chi connectivity index (χ4n) is 2.49. The second-order valence-corrected chi connectivity index (χ2v) is 9.60. The maximum absolute atomic E-state index is 12.3. The second-order valence-electron chi connectivity index (χ2n) is 5.66. The first-order valence-electron chi connectivity index (χ1n) is 8.16. The Bertz CT molecular complexity index is 879. The normalized spacial score (nSPS) is 16.1. The van der Waals surface area contributed by atoms with E-state index in [1.54, 1.807) is 0 Å². The van der Waals surface area contributed by atoms with Crippen molar-refractivity contribution in [1.29, 1.82) is 0 Å². The molecule has 1 aliphatic rings. The van der Waals surface area contributed by atoms with E-state index in [0.29, 0.717) is 26.3 Å². The highest BCUT2D eigenvalue weighted by Gasteiger charge is 2.24. The molecule has 0 atom stereocenters. The molecule has 0 aliphatic carbocycles. The number of amides is 1. The summed E-state index contributed by atoms with van der Waals surface area (Å²) in [5, 5.41) is 2.50. The zero-order valence-electron chi connectivity index (χ0n) is 15.1. The average Bonchev–Trinajstić information content (AvgIpc) is 2.67. The van der Waals surface area contributed by atoms with Gasteiger partial charge in [0, 0.05) is 25.2 Å². The first-order chi connectivity index (χ1) is 12.7. The molecule has 1 saturated heterocycles. The Morgan fingerprint density at radius 1 is 1.22 bits per heavy atom. The van der Waals surface area contributed by atoms with Gasteiger partial charge in [-0.05, 0) is 25.2 Å². The third-order valence-electron chi connectivity index (χ3n) is 3.99. The lowest BCUT2D eigenvalue weighted by molar-refractivity contribution is 0.0730. The minimum atomic E-state index is -3.82. The molecule has 1 amide bonds. The molecule has 1 heterocycles. The van der Waals surface area contributed by atoms with Gasteiger partial charge in [0.15, 0.2) is 0 Å². The summed E-state index contributed by atoms with van der Waals surface area (Å²) in [6, 6.07) is 3.94. The fraction of sp³-hybridized carbons (Fsp3) is 0.533. The van der Waals surface area contributed by atoms with E-state index in [0.717, 1.165) is 0 Å². The Labute approximate surface area is 158 Å². The number of morpholine rings is 1. The molecule has 0 saturated carbocycles. The molecule has 0 radical (unpaired) electrons. The topological polar surface area (TPSA) is 131 Å². The summed E-state index contributed by atoms with van der Waals surface area (Å²) in [7, 11) is -4.75. The number of hydrogen-bond donors (Lipinski definition) is 2. The second kappa shape index (κ2) is 8.97. The zero-order valence-corrected chi connectivity index (χ0v) is 16.7. The lowest BCUT2D eigenvalue weighted by atomic mass is 10.2. The number of carbonyl (C=O) groups is 1. The summed E-state index contributed by atoms with van der Waals surface area (Å²) in [6.45, 7) is 1.18. The van der Waals surface area contributed by atoms with E-state index >= 15 is 0 Å². The van der Waals surface area contributed by atoms with Crippen LogP contribution in [0.4, 0.5) is 0 Å². The number of ether oxygens (including phenoxy) is 2. The standard InChI is InChI=1S/C15H23N3O7S2/c1-16-27(22,23)14-11-12(3-4-13(14)24-2)15(19)17-5-10-26(20,21)18-6-8-25-9-7-18/h3-4,11,16H,5-10H2,1-2H3,(H,17,19). The van der Waals surface area contributed by atoms with Gasteiger partial charge in [0.2, 0.25) is 20.0 Å². The molecule has 10 nitrogen and oxygen atoms in total. The summed E-state index contributed by atoms with van der Waals surface area (Å²) in [5.74, 6) is -0.741. The Balaban J connectivity index is 2.05. The highest BCUT2D eigenvalue weighted by atomic mass is 32.2. The van der Waals surface area contributed by atoms with Crippen molar-refractivity contribution in [1.82, 2.24) is 14.3 Å². The van der Waals surface area contributed by atoms with Crippen LogP contribution in [0.3, 0.4) is 0 Å². The van der Waals surface area contributed by atoms with Crippen molar-refractivity contribution in [2.75, 3.05) is 52.8 Å². The van der Waals surface area contributed by atoms with Crippen molar-refractivity contribution < 1.29 is 31.1 Å². The van der Waals surface area contributed by atoms with Crippen LogP contribution in [0.15, 0.2) is 23.1 Å². The Morgan fingerprint density at radius 3 is 2.48 bits per heavy atom. The van der Waals surface area contributed by atoms with E-state index in [4.69, 9.17) is 9.47 Å². The molecular weight excluding hydrogens is 398 g/mol. The van der Waals surface area contributed by atoms with Crippen molar-refractivity contribution >= 4 is 26.0 Å². The van der Waals surface area contributed by atoms with Crippen LogP contribution in [0.2, 0.25) is 0 Å². The number of carbonyl (C=O) groups excluding carboxylic acids is 1. The number of nitrogens with one attached hydrogen (secondary N) is 2. The number of hydrogen-bond acceptors (Lipinski definition) is 7. The molecule has 1 fully saturated rings. The molecule has 27 heavy (non-hydrogen) atoms. The van der Waals surface area contributed by atoms with Crippen LogP contribution < -0.4 is 14.8 Å². The van der Waals surface area contributed by atoms with E-state index in [-0.39, 0.29) is 28.5 Å². The van der Waals surface area contributed by atoms with Crippen LogP contribution in [0.25, 0.3) is 0 Å². The van der Waals surface area contributed by atoms with E-state index in [2.05, 4.69) is 10.0 Å². The van der Waals surface area contributed by atoms with Crippen LogP contribution >= 0.6 is 0 Å². The summed E-state index contributed by atoms with van der Waals surface area (Å²) >= 11 is 0. The zero-order chi connectivity index (χ0) is 20.1. The summed E-state index contributed by atoms with van der Waals surface area (Å²) in [6.07, 6.45) is 0. The molecule has 1 aliphatic heterocycles. The van der Waals surface area contributed by atoms with Gasteiger partial charge in [0.1, 0.15) is 10.6 Å². The van der Waals surface area contributed by atoms with E-state index < -0.39 is 26.0 Å². The molecule has 0 unspecified atom stereocenters. The number of rotatable bonds is 8. The van der Waals surface area contributed by atoms with Crippen molar-refractivity contribution in [2.45, 2.75) is 4.90 Å². The lowest BCUT2D eigenvalue weighted by Gasteiger charge is -2.26. The third-order valence-corrected chi connectivity index (χ3v) is 7.30. The van der Waals surface area contributed by atoms with Crippen molar-refractivity contribution in [3.63, 3.8) is 0 Å². The predicted octanol–water partition coefficient (Wildman–Crippen LogP) is -1.00. The van der Waals surface area contributed by atoms with Gasteiger partial charge in [-0.1, -0.05) is 0 Å². The first kappa shape index (κ1) is 21.6. The van der Waals surface area contributed by atoms with Crippen molar-refractivity contribution in [3.05, 3.63) is 23.8 Å². The van der Waals surface area contributed by atoms with Crippen molar-refractivity contribution in [3.8, 4) is 5.75 Å². The number of methoxy groups -OCH3 is 1. The maximum Gasteiger partial charge on any atom is 0.251 e. The molecule has 1 aromatic carbocycles. The third kappa shape index (κ3) is 5.39. The van der Waals surface area contributed by atoms with Gasteiger partial charge in [0.05, 0.1) is 26.1 Å². The lowest BCUT2D eigenvalue weighted by Crippen LogP contribution is -2.43. The van der Waals surface area contributed by atoms with E-state index in [9.17, 15) is 21.6 Å². The average molecular weight is 421 g/mol. The monoisotopic (exact) mass is 421 g/mol. The minimum absolute atomic E-state index is 0.0772. The highest BCUT2D eigenvalue weighted by Crippen LogP contribution is 2.24. The smallest absolute Gasteiger partial charge is 0.251 e. The number of nitrogens with zero attached hydrogens (tertiary/aromatic N) is 1. The van der Waals surface area contributed by atoms with Crippen LogP contribution in [0, 0.1) is 0 Å². The minimum Gasteiger partial charge on any atom is -0.495 e. The summed E-state index contributed by atoms with van der Waals surface area (Å²) in [4.78, 5) is 12.1. The van der Waals surface area contributed by atoms with Gasteiger partial charge in [-0.15, -0.1) is 0 Å². The van der Waals surface area contributed by atoms with Gasteiger partial charge in [-0.25, -0.2) is 21.6 Å². The van der Waals surface area contributed by atoms with Crippen LogP contribution in [0.5, 0.6) is 5.75 Å². The van der Waals surface area contributed by atoms with Gasteiger partial charge in [-0.2, -0.15) is 4.31 Å². The SMILES string of the molecule is CNS(=O)(=O)c1cc(C(=O)NCCS(=O)(=O)N2CCOCC2)ccc1OC. The molecule has 0 spiro atoms. The molecule has 2 rings (SSSR count). The molecule has 12 heteroatoms. The van der Waals surface area contributed by atoms with Gasteiger partial charge in [0.25, 0.3) is 5.91 Å².